The minimum atomic E-state index is -0.439. The second-order valence-corrected chi connectivity index (χ2v) is 12.8. The average molecular weight is 672 g/mol. The normalized spacial score (nSPS) is 15.0. The zero-order valence-electron chi connectivity index (χ0n) is 29.0. The smallest absolute Gasteiger partial charge is 0.429 e. The number of anilines is 1. The summed E-state index contributed by atoms with van der Waals surface area (Å²) in [6.07, 6.45) is 10.6. The number of piperidine rings is 1. The van der Waals surface area contributed by atoms with E-state index in [0.29, 0.717) is 12.6 Å². The Morgan fingerprint density at radius 1 is 0.796 bits per heavy atom. The van der Waals surface area contributed by atoms with E-state index in [0.717, 1.165) is 106 Å². The van der Waals surface area contributed by atoms with Crippen LogP contribution in [0.1, 0.15) is 69.8 Å². The Hall–Kier alpha value is -4.28. The number of carbonyl (C=O) groups is 2. The van der Waals surface area contributed by atoms with Crippen molar-refractivity contribution in [2.45, 2.75) is 76.9 Å². The molecule has 3 aromatic rings. The second-order valence-electron chi connectivity index (χ2n) is 12.8. The fraction of sp³-hybridized carbons (Fsp3) is 0.487. The van der Waals surface area contributed by atoms with Gasteiger partial charge in [-0.1, -0.05) is 67.4 Å². The van der Waals surface area contributed by atoms with Gasteiger partial charge in [-0.2, -0.15) is 0 Å². The lowest BCUT2D eigenvalue weighted by molar-refractivity contribution is 0.122. The number of ether oxygens (including phenoxy) is 3. The van der Waals surface area contributed by atoms with Crippen molar-refractivity contribution in [1.82, 2.24) is 21.0 Å². The largest absolute Gasteiger partial charge is 0.493 e. The van der Waals surface area contributed by atoms with Crippen LogP contribution in [0.5, 0.6) is 11.5 Å². The van der Waals surface area contributed by atoms with E-state index in [1.807, 2.05) is 60.7 Å². The Balaban J connectivity index is 0.968. The number of rotatable bonds is 17. The minimum Gasteiger partial charge on any atom is -0.493 e. The highest BCUT2D eigenvalue weighted by Crippen LogP contribution is 2.34. The number of carbonyl (C=O) groups excluding carboxylic acids is 2. The Morgan fingerprint density at radius 2 is 1.53 bits per heavy atom. The number of hydrazine groups is 1. The number of unbranched alkanes of at least 4 members (excludes halogenated alkanes) is 2. The van der Waals surface area contributed by atoms with Crippen molar-refractivity contribution in [2.24, 2.45) is 0 Å². The molecule has 0 aromatic heterocycles. The maximum absolute atomic E-state index is 13.5. The molecule has 0 spiro atoms. The molecule has 2 fully saturated rings. The molecule has 5 rings (SSSR count). The molecule has 1 saturated carbocycles. The van der Waals surface area contributed by atoms with Gasteiger partial charge in [-0.05, 0) is 87.2 Å². The molecule has 1 aliphatic carbocycles. The molecule has 3 aromatic carbocycles. The Morgan fingerprint density at radius 3 is 2.33 bits per heavy atom. The van der Waals surface area contributed by atoms with E-state index in [1.165, 1.54) is 18.4 Å². The summed E-state index contributed by atoms with van der Waals surface area (Å²) < 4.78 is 17.4. The standard InChI is InChI=1S/C39H53N5O5/c1-47-36-22-21-31(29-37(36)49-33-17-7-8-18-33)30-40-23-11-3-12-24-41-38(45)42-25-28-48-39(46)44(43-26-13-4-14-27-43)35-20-10-9-19-34(35)32-15-5-2-6-16-32/h2,5-6,9-10,15-16,19-22,29,33,40H,3-4,7-8,11-14,17-18,23-28,30H2,1H3,(H2,41,42,45). The summed E-state index contributed by atoms with van der Waals surface area (Å²) in [7, 11) is 1.68. The van der Waals surface area contributed by atoms with Crippen LogP contribution in [0.3, 0.4) is 0 Å². The molecule has 0 unspecified atom stereocenters. The summed E-state index contributed by atoms with van der Waals surface area (Å²) in [5.74, 6) is 1.62. The van der Waals surface area contributed by atoms with Gasteiger partial charge in [-0.25, -0.2) is 19.6 Å². The highest BCUT2D eigenvalue weighted by Gasteiger charge is 2.28. The molecule has 3 amide bonds. The number of methoxy groups -OCH3 is 1. The van der Waals surface area contributed by atoms with Crippen LogP contribution in [0.4, 0.5) is 15.3 Å². The van der Waals surface area contributed by atoms with E-state index in [2.05, 4.69) is 33.1 Å². The maximum Gasteiger partial charge on any atom is 0.429 e. The van der Waals surface area contributed by atoms with Crippen LogP contribution in [-0.2, 0) is 11.3 Å². The van der Waals surface area contributed by atoms with Crippen LogP contribution >= 0.6 is 0 Å². The van der Waals surface area contributed by atoms with E-state index in [-0.39, 0.29) is 19.2 Å². The van der Waals surface area contributed by atoms with E-state index in [9.17, 15) is 9.59 Å². The van der Waals surface area contributed by atoms with E-state index in [1.54, 1.807) is 12.1 Å². The first-order valence-corrected chi connectivity index (χ1v) is 18.0. The molecular weight excluding hydrogens is 618 g/mol. The number of hydrogen-bond acceptors (Lipinski definition) is 7. The molecule has 2 aliphatic rings. The predicted molar refractivity (Wildman–Crippen MR) is 194 cm³/mol. The van der Waals surface area contributed by atoms with Gasteiger partial charge in [0.25, 0.3) is 0 Å². The van der Waals surface area contributed by atoms with Crippen LogP contribution in [0.2, 0.25) is 0 Å². The maximum atomic E-state index is 13.5. The number of amides is 3. The van der Waals surface area contributed by atoms with Crippen LogP contribution in [0.25, 0.3) is 11.1 Å². The van der Waals surface area contributed by atoms with E-state index >= 15 is 0 Å². The molecule has 10 heteroatoms. The lowest BCUT2D eigenvalue weighted by Crippen LogP contribution is -2.50. The summed E-state index contributed by atoms with van der Waals surface area (Å²) in [5.41, 5.74) is 3.97. The van der Waals surface area contributed by atoms with Crippen LogP contribution in [0.15, 0.2) is 72.8 Å². The van der Waals surface area contributed by atoms with Gasteiger partial charge in [-0.15, -0.1) is 0 Å². The molecule has 1 aliphatic heterocycles. The van der Waals surface area contributed by atoms with Crippen LogP contribution in [-0.4, -0.2) is 69.7 Å². The fourth-order valence-corrected chi connectivity index (χ4v) is 6.49. The van der Waals surface area contributed by atoms with Gasteiger partial charge in [0.05, 0.1) is 25.4 Å². The molecule has 0 radical (unpaired) electrons. The van der Waals surface area contributed by atoms with Crippen molar-refractivity contribution in [2.75, 3.05) is 51.4 Å². The number of hydrogen-bond donors (Lipinski definition) is 3. The zero-order chi connectivity index (χ0) is 34.1. The Bertz CT molecular complexity index is 1440. The highest BCUT2D eigenvalue weighted by atomic mass is 16.6. The molecule has 49 heavy (non-hydrogen) atoms. The van der Waals surface area contributed by atoms with Crippen LogP contribution in [0, 0.1) is 0 Å². The van der Waals surface area contributed by atoms with Gasteiger partial charge < -0.3 is 30.2 Å². The third-order valence-electron chi connectivity index (χ3n) is 9.09. The molecule has 3 N–H and O–H groups in total. The second kappa shape index (κ2) is 19.7. The van der Waals surface area contributed by atoms with Crippen molar-refractivity contribution < 1.29 is 23.8 Å². The van der Waals surface area contributed by atoms with Crippen molar-refractivity contribution in [3.05, 3.63) is 78.4 Å². The van der Waals surface area contributed by atoms with Crippen molar-refractivity contribution in [3.8, 4) is 22.6 Å². The molecule has 1 saturated heterocycles. The predicted octanol–water partition coefficient (Wildman–Crippen LogP) is 7.29. The third-order valence-corrected chi connectivity index (χ3v) is 9.09. The molecular formula is C39H53N5O5. The highest BCUT2D eigenvalue weighted by molar-refractivity contribution is 5.93. The van der Waals surface area contributed by atoms with E-state index < -0.39 is 6.09 Å². The lowest BCUT2D eigenvalue weighted by Gasteiger charge is -2.37. The van der Waals surface area contributed by atoms with Gasteiger partial charge in [0.1, 0.15) is 6.61 Å². The molecule has 10 nitrogen and oxygen atoms in total. The summed E-state index contributed by atoms with van der Waals surface area (Å²) >= 11 is 0. The van der Waals surface area contributed by atoms with Gasteiger partial charge in [-0.3, -0.25) is 0 Å². The van der Waals surface area contributed by atoms with Crippen molar-refractivity contribution in [1.29, 1.82) is 0 Å². The van der Waals surface area contributed by atoms with Gasteiger partial charge in [0.15, 0.2) is 11.5 Å². The Labute approximate surface area is 291 Å². The number of urea groups is 1. The topological polar surface area (TPSA) is 104 Å². The molecule has 1 heterocycles. The minimum absolute atomic E-state index is 0.0815. The van der Waals surface area contributed by atoms with Gasteiger partial charge in [0, 0.05) is 31.7 Å². The quantitative estimate of drug-likeness (QED) is 0.130. The fourth-order valence-electron chi connectivity index (χ4n) is 6.49. The number of para-hydroxylation sites is 1. The first-order valence-electron chi connectivity index (χ1n) is 18.0. The first kappa shape index (κ1) is 36.0. The first-order chi connectivity index (χ1) is 24.1. The number of nitrogens with one attached hydrogen (secondary N) is 3. The average Bonchev–Trinajstić information content (AvgIpc) is 3.66. The molecule has 0 bridgehead atoms. The number of nitrogens with zero attached hydrogens (tertiary/aromatic N) is 2. The SMILES string of the molecule is COc1ccc(CNCCCCCNC(=O)NCCOC(=O)N(c2ccccc2-c2ccccc2)N2CCCCC2)cc1OC1CCCC1. The third kappa shape index (κ3) is 11.1. The van der Waals surface area contributed by atoms with E-state index in [4.69, 9.17) is 14.2 Å². The zero-order valence-corrected chi connectivity index (χ0v) is 29.0. The molecule has 0 atom stereocenters. The van der Waals surface area contributed by atoms with Gasteiger partial charge in [0.2, 0.25) is 0 Å². The summed E-state index contributed by atoms with van der Waals surface area (Å²) in [6, 6.07) is 23.9. The van der Waals surface area contributed by atoms with Gasteiger partial charge >= 0.3 is 12.1 Å². The summed E-state index contributed by atoms with van der Waals surface area (Å²) in [4.78, 5) is 25.8. The molecule has 264 valence electrons. The monoisotopic (exact) mass is 671 g/mol. The van der Waals surface area contributed by atoms with Crippen molar-refractivity contribution >= 4 is 17.8 Å². The number of benzene rings is 3. The lowest BCUT2D eigenvalue weighted by atomic mass is 10.0. The Kier molecular flexibility index (Phi) is 14.4. The summed E-state index contributed by atoms with van der Waals surface area (Å²) in [5, 5.41) is 13.0. The summed E-state index contributed by atoms with van der Waals surface area (Å²) in [6.45, 7) is 4.14. The van der Waals surface area contributed by atoms with Crippen molar-refractivity contribution in [3.63, 3.8) is 0 Å². The van der Waals surface area contributed by atoms with Crippen LogP contribution < -0.4 is 30.4 Å².